The highest BCUT2D eigenvalue weighted by Gasteiger charge is 2.18. The molecule has 1 aromatic rings. The molecule has 1 unspecified atom stereocenters. The van der Waals surface area contributed by atoms with Gasteiger partial charge in [0, 0.05) is 25.8 Å². The van der Waals surface area contributed by atoms with E-state index in [9.17, 15) is 9.18 Å². The average molecular weight is 281 g/mol. The van der Waals surface area contributed by atoms with Gasteiger partial charge in [0.05, 0.1) is 6.10 Å². The van der Waals surface area contributed by atoms with Gasteiger partial charge in [-0.2, -0.15) is 0 Å². The predicted molar refractivity (Wildman–Crippen MR) is 73.2 cm³/mol. The molecule has 1 aliphatic heterocycles. The van der Waals surface area contributed by atoms with Crippen molar-refractivity contribution < 1.29 is 19.0 Å². The van der Waals surface area contributed by atoms with Crippen LogP contribution in [0.4, 0.5) is 4.39 Å². The standard InChI is InChI=1S/C15H20FNO3/c1-17(8-7-12-4-2-3-9-20-12)15(19)11-5-6-14(18)13(16)10-11/h5-6,10,12,18H,2-4,7-9H2,1H3. The summed E-state index contributed by atoms with van der Waals surface area (Å²) in [6.45, 7) is 1.37. The first-order valence-corrected chi connectivity index (χ1v) is 6.93. The molecule has 5 heteroatoms. The predicted octanol–water partition coefficient (Wildman–Crippen LogP) is 2.56. The van der Waals surface area contributed by atoms with E-state index in [0.29, 0.717) is 6.54 Å². The van der Waals surface area contributed by atoms with E-state index in [1.54, 1.807) is 11.9 Å². The topological polar surface area (TPSA) is 49.8 Å². The molecular weight excluding hydrogens is 261 g/mol. The molecule has 1 heterocycles. The highest BCUT2D eigenvalue weighted by Crippen LogP contribution is 2.18. The van der Waals surface area contributed by atoms with Crippen molar-refractivity contribution in [1.29, 1.82) is 0 Å². The Morgan fingerprint density at radius 2 is 2.30 bits per heavy atom. The van der Waals surface area contributed by atoms with E-state index in [0.717, 1.165) is 31.9 Å². The van der Waals surface area contributed by atoms with Crippen molar-refractivity contribution >= 4 is 5.91 Å². The molecule has 0 aliphatic carbocycles. The molecule has 4 nitrogen and oxygen atoms in total. The molecule has 0 bridgehead atoms. The molecule has 1 aromatic carbocycles. The molecular formula is C15H20FNO3. The highest BCUT2D eigenvalue weighted by molar-refractivity contribution is 5.94. The van der Waals surface area contributed by atoms with Gasteiger partial charge in [0.25, 0.3) is 5.91 Å². The van der Waals surface area contributed by atoms with E-state index in [-0.39, 0.29) is 17.6 Å². The van der Waals surface area contributed by atoms with Crippen molar-refractivity contribution in [1.82, 2.24) is 4.90 Å². The number of amides is 1. The maximum absolute atomic E-state index is 13.2. The third-order valence-corrected chi connectivity index (χ3v) is 3.60. The number of aromatic hydroxyl groups is 1. The number of hydrogen-bond acceptors (Lipinski definition) is 3. The van der Waals surface area contributed by atoms with Gasteiger partial charge < -0.3 is 14.7 Å². The van der Waals surface area contributed by atoms with Crippen LogP contribution >= 0.6 is 0 Å². The quantitative estimate of drug-likeness (QED) is 0.922. The van der Waals surface area contributed by atoms with Crippen LogP contribution in [-0.4, -0.2) is 42.2 Å². The Hall–Kier alpha value is -1.62. The monoisotopic (exact) mass is 281 g/mol. The number of carbonyl (C=O) groups excluding carboxylic acids is 1. The Kier molecular flexibility index (Phi) is 4.95. The molecule has 2 rings (SSSR count). The van der Waals surface area contributed by atoms with E-state index < -0.39 is 11.6 Å². The number of benzene rings is 1. The minimum Gasteiger partial charge on any atom is -0.505 e. The van der Waals surface area contributed by atoms with Crippen LogP contribution in [0.2, 0.25) is 0 Å². The van der Waals surface area contributed by atoms with Crippen LogP contribution in [0.3, 0.4) is 0 Å². The second kappa shape index (κ2) is 6.70. The van der Waals surface area contributed by atoms with Crippen LogP contribution in [0.1, 0.15) is 36.0 Å². The van der Waals surface area contributed by atoms with Gasteiger partial charge >= 0.3 is 0 Å². The van der Waals surface area contributed by atoms with Gasteiger partial charge in [-0.1, -0.05) is 0 Å². The molecule has 1 amide bonds. The molecule has 1 N–H and O–H groups in total. The first kappa shape index (κ1) is 14.8. The smallest absolute Gasteiger partial charge is 0.253 e. The van der Waals surface area contributed by atoms with E-state index in [1.165, 1.54) is 18.6 Å². The van der Waals surface area contributed by atoms with Crippen LogP contribution < -0.4 is 0 Å². The number of ether oxygens (including phenoxy) is 1. The van der Waals surface area contributed by atoms with Gasteiger partial charge in [0.15, 0.2) is 11.6 Å². The van der Waals surface area contributed by atoms with E-state index in [1.807, 2.05) is 0 Å². The largest absolute Gasteiger partial charge is 0.505 e. The van der Waals surface area contributed by atoms with Gasteiger partial charge in [0.1, 0.15) is 0 Å². The van der Waals surface area contributed by atoms with Crippen molar-refractivity contribution in [2.45, 2.75) is 31.8 Å². The van der Waals surface area contributed by atoms with Crippen molar-refractivity contribution in [2.75, 3.05) is 20.2 Å². The fourth-order valence-electron chi connectivity index (χ4n) is 2.33. The Labute approximate surface area is 118 Å². The van der Waals surface area contributed by atoms with Crippen molar-refractivity contribution in [3.05, 3.63) is 29.6 Å². The van der Waals surface area contributed by atoms with E-state index >= 15 is 0 Å². The number of phenols is 1. The summed E-state index contributed by atoms with van der Waals surface area (Å²) in [6, 6.07) is 3.68. The van der Waals surface area contributed by atoms with Gasteiger partial charge in [-0.25, -0.2) is 4.39 Å². The van der Waals surface area contributed by atoms with Crippen LogP contribution in [0.5, 0.6) is 5.75 Å². The minimum absolute atomic E-state index is 0.218. The van der Waals surface area contributed by atoms with Crippen molar-refractivity contribution in [2.24, 2.45) is 0 Å². The lowest BCUT2D eigenvalue weighted by Crippen LogP contribution is -2.31. The molecule has 0 aromatic heterocycles. The van der Waals surface area contributed by atoms with Gasteiger partial charge in [0.2, 0.25) is 0 Å². The second-order valence-corrected chi connectivity index (χ2v) is 5.17. The maximum Gasteiger partial charge on any atom is 0.253 e. The normalized spacial score (nSPS) is 18.8. The lowest BCUT2D eigenvalue weighted by Gasteiger charge is -2.25. The SMILES string of the molecule is CN(CCC1CCCCO1)C(=O)c1ccc(O)c(F)c1. The molecule has 0 saturated carbocycles. The molecule has 1 aliphatic rings. The lowest BCUT2D eigenvalue weighted by atomic mass is 10.1. The number of phenolic OH excluding ortho intramolecular Hbond substituents is 1. The summed E-state index contributed by atoms with van der Waals surface area (Å²) in [5, 5.41) is 9.12. The summed E-state index contributed by atoms with van der Waals surface area (Å²) in [5.74, 6) is -1.47. The van der Waals surface area contributed by atoms with Crippen LogP contribution in [-0.2, 0) is 4.74 Å². The van der Waals surface area contributed by atoms with Gasteiger partial charge in [-0.15, -0.1) is 0 Å². The van der Waals surface area contributed by atoms with Crippen molar-refractivity contribution in [3.63, 3.8) is 0 Å². The fraction of sp³-hybridized carbons (Fsp3) is 0.533. The Balaban J connectivity index is 1.89. The summed E-state index contributed by atoms with van der Waals surface area (Å²) >= 11 is 0. The Morgan fingerprint density at radius 1 is 1.50 bits per heavy atom. The first-order chi connectivity index (χ1) is 9.58. The number of nitrogens with zero attached hydrogens (tertiary/aromatic N) is 1. The van der Waals surface area contributed by atoms with Crippen LogP contribution in [0.25, 0.3) is 0 Å². The average Bonchev–Trinajstić information content (AvgIpc) is 2.48. The number of halogens is 1. The van der Waals surface area contributed by atoms with E-state index in [2.05, 4.69) is 0 Å². The molecule has 1 saturated heterocycles. The second-order valence-electron chi connectivity index (χ2n) is 5.17. The zero-order valence-electron chi connectivity index (χ0n) is 11.6. The summed E-state index contributed by atoms with van der Waals surface area (Å²) in [5.41, 5.74) is 0.243. The third-order valence-electron chi connectivity index (χ3n) is 3.60. The maximum atomic E-state index is 13.2. The summed E-state index contributed by atoms with van der Waals surface area (Å²) in [7, 11) is 1.69. The molecule has 0 spiro atoms. The first-order valence-electron chi connectivity index (χ1n) is 6.93. The number of hydrogen-bond donors (Lipinski definition) is 1. The van der Waals surface area contributed by atoms with Gasteiger partial charge in [-0.3, -0.25) is 4.79 Å². The summed E-state index contributed by atoms with van der Waals surface area (Å²) < 4.78 is 18.9. The molecule has 1 atom stereocenters. The summed E-state index contributed by atoms with van der Waals surface area (Å²) in [4.78, 5) is 13.7. The summed E-state index contributed by atoms with van der Waals surface area (Å²) in [6.07, 6.45) is 4.33. The fourth-order valence-corrected chi connectivity index (χ4v) is 2.33. The number of carbonyl (C=O) groups is 1. The Bertz CT molecular complexity index is 472. The molecule has 1 fully saturated rings. The Morgan fingerprint density at radius 3 is 2.95 bits per heavy atom. The lowest BCUT2D eigenvalue weighted by molar-refractivity contribution is 0.00709. The van der Waals surface area contributed by atoms with Crippen LogP contribution in [0, 0.1) is 5.82 Å². The van der Waals surface area contributed by atoms with E-state index in [4.69, 9.17) is 9.84 Å². The zero-order chi connectivity index (χ0) is 14.5. The molecule has 0 radical (unpaired) electrons. The molecule has 20 heavy (non-hydrogen) atoms. The minimum atomic E-state index is -0.778. The van der Waals surface area contributed by atoms with Gasteiger partial charge in [-0.05, 0) is 43.9 Å². The number of rotatable bonds is 4. The van der Waals surface area contributed by atoms with Crippen LogP contribution in [0.15, 0.2) is 18.2 Å². The zero-order valence-corrected chi connectivity index (χ0v) is 11.6. The molecule has 110 valence electrons. The highest BCUT2D eigenvalue weighted by atomic mass is 19.1. The van der Waals surface area contributed by atoms with Crippen molar-refractivity contribution in [3.8, 4) is 5.75 Å². The third kappa shape index (κ3) is 3.70.